The largest absolute Gasteiger partial charge is 0.504 e. The van der Waals surface area contributed by atoms with Crippen LogP contribution in [0, 0.1) is 0 Å². The molecule has 0 fully saturated rings. The Balaban J connectivity index is 2.32. The molecule has 100 valence electrons. The molecule has 0 saturated heterocycles. The van der Waals surface area contributed by atoms with Crippen LogP contribution in [0.1, 0.15) is 0 Å². The van der Waals surface area contributed by atoms with Crippen molar-refractivity contribution in [2.24, 2.45) is 0 Å². The maximum Gasteiger partial charge on any atom is 0.344 e. The van der Waals surface area contributed by atoms with Crippen molar-refractivity contribution in [2.45, 2.75) is 0 Å². The maximum atomic E-state index is 12.0. The smallest absolute Gasteiger partial charge is 0.344 e. The second-order valence-corrected chi connectivity index (χ2v) is 4.42. The van der Waals surface area contributed by atoms with E-state index in [0.717, 1.165) is 0 Å². The number of ether oxygens (including phenoxy) is 2. The van der Waals surface area contributed by atoms with Gasteiger partial charge in [0.25, 0.3) is 0 Å². The molecule has 0 amide bonds. The van der Waals surface area contributed by atoms with Crippen molar-refractivity contribution >= 4 is 21.7 Å². The summed E-state index contributed by atoms with van der Waals surface area (Å²) in [5.41, 5.74) is -0.696. The Morgan fingerprint density at radius 3 is 2.65 bits per heavy atom. The molecule has 20 heavy (non-hydrogen) atoms. The normalized spacial score (nSPS) is 13.2. The van der Waals surface area contributed by atoms with Crippen LogP contribution in [0.25, 0.3) is 21.7 Å². The lowest BCUT2D eigenvalue weighted by Crippen LogP contribution is -2.00. The van der Waals surface area contributed by atoms with Crippen LogP contribution < -0.4 is 15.1 Å². The first-order valence-electron chi connectivity index (χ1n) is 5.87. The third-order valence-electron chi connectivity index (χ3n) is 3.33. The minimum absolute atomic E-state index is 0.0697. The number of benzene rings is 2. The highest BCUT2D eigenvalue weighted by molar-refractivity contribution is 6.10. The van der Waals surface area contributed by atoms with Gasteiger partial charge in [0, 0.05) is 10.8 Å². The average Bonchev–Trinajstić information content (AvgIpc) is 2.92. The second kappa shape index (κ2) is 3.57. The van der Waals surface area contributed by atoms with Crippen molar-refractivity contribution in [1.82, 2.24) is 0 Å². The fraction of sp³-hybridized carbons (Fsp3) is 0.0714. The van der Waals surface area contributed by atoms with E-state index in [4.69, 9.17) is 13.9 Å². The van der Waals surface area contributed by atoms with Crippen LogP contribution in [0.4, 0.5) is 0 Å². The lowest BCUT2D eigenvalue weighted by atomic mass is 10.1. The number of hydrogen-bond acceptors (Lipinski definition) is 6. The standard InChI is InChI=1S/C14H8O6/c15-8-3-1-6-10-7(14(17)20-12(6)11(8)16)2-4-9-13(10)19-5-18-9/h1-4,15-16H,5H2. The minimum atomic E-state index is -0.619. The Labute approximate surface area is 111 Å². The maximum absolute atomic E-state index is 12.0. The van der Waals surface area contributed by atoms with Gasteiger partial charge >= 0.3 is 5.63 Å². The molecule has 2 heterocycles. The first kappa shape index (κ1) is 11.0. The predicted molar refractivity (Wildman–Crippen MR) is 69.4 cm³/mol. The number of phenolic OH excluding ortho intramolecular Hbond substituents is 2. The van der Waals surface area contributed by atoms with Crippen LogP contribution in [-0.4, -0.2) is 17.0 Å². The molecule has 0 atom stereocenters. The molecule has 6 heteroatoms. The Kier molecular flexibility index (Phi) is 1.96. The first-order chi connectivity index (χ1) is 9.66. The molecule has 0 aliphatic carbocycles. The average molecular weight is 272 g/mol. The molecule has 0 bridgehead atoms. The van der Waals surface area contributed by atoms with Crippen molar-refractivity contribution in [3.05, 3.63) is 34.7 Å². The molecule has 4 rings (SSSR count). The van der Waals surface area contributed by atoms with Gasteiger partial charge in [-0.05, 0) is 24.3 Å². The highest BCUT2D eigenvalue weighted by atomic mass is 16.7. The quantitative estimate of drug-likeness (QED) is 0.370. The van der Waals surface area contributed by atoms with Gasteiger partial charge in [-0.1, -0.05) is 0 Å². The summed E-state index contributed by atoms with van der Waals surface area (Å²) in [5, 5.41) is 20.6. The van der Waals surface area contributed by atoms with Gasteiger partial charge in [0.15, 0.2) is 22.8 Å². The van der Waals surface area contributed by atoms with E-state index in [1.54, 1.807) is 18.2 Å². The molecule has 2 aromatic carbocycles. The van der Waals surface area contributed by atoms with Gasteiger partial charge < -0.3 is 24.1 Å². The van der Waals surface area contributed by atoms with Crippen LogP contribution in [0.15, 0.2) is 33.5 Å². The zero-order valence-corrected chi connectivity index (χ0v) is 10.0. The van der Waals surface area contributed by atoms with Crippen molar-refractivity contribution < 1.29 is 24.1 Å². The van der Waals surface area contributed by atoms with E-state index in [1.165, 1.54) is 6.07 Å². The van der Waals surface area contributed by atoms with Gasteiger partial charge in [-0.2, -0.15) is 0 Å². The van der Waals surface area contributed by atoms with Crippen LogP contribution in [0.5, 0.6) is 23.0 Å². The van der Waals surface area contributed by atoms with E-state index >= 15 is 0 Å². The SMILES string of the molecule is O=c1oc2c(O)c(O)ccc2c2c3c(ccc12)OCO3. The number of aromatic hydroxyl groups is 2. The van der Waals surface area contributed by atoms with Crippen LogP contribution >= 0.6 is 0 Å². The summed E-state index contributed by atoms with van der Waals surface area (Å²) in [7, 11) is 0. The second-order valence-electron chi connectivity index (χ2n) is 4.42. The molecule has 1 aliphatic rings. The zero-order valence-electron chi connectivity index (χ0n) is 10.0. The monoisotopic (exact) mass is 272 g/mol. The Morgan fingerprint density at radius 1 is 1.00 bits per heavy atom. The molecule has 0 radical (unpaired) electrons. The van der Waals surface area contributed by atoms with E-state index in [2.05, 4.69) is 0 Å². The van der Waals surface area contributed by atoms with E-state index in [-0.39, 0.29) is 18.1 Å². The molecule has 6 nitrogen and oxygen atoms in total. The Hall–Kier alpha value is -2.89. The van der Waals surface area contributed by atoms with Crippen LogP contribution in [0.2, 0.25) is 0 Å². The van der Waals surface area contributed by atoms with Gasteiger partial charge in [-0.15, -0.1) is 0 Å². The predicted octanol–water partition coefficient (Wildman–Crippen LogP) is 2.09. The van der Waals surface area contributed by atoms with Gasteiger partial charge in [-0.25, -0.2) is 4.79 Å². The Morgan fingerprint density at radius 2 is 1.80 bits per heavy atom. The van der Waals surface area contributed by atoms with E-state index in [9.17, 15) is 15.0 Å². The summed E-state index contributed by atoms with van der Waals surface area (Å²) < 4.78 is 15.8. The van der Waals surface area contributed by atoms with Crippen molar-refractivity contribution in [3.8, 4) is 23.0 Å². The molecule has 1 aliphatic heterocycles. The van der Waals surface area contributed by atoms with Gasteiger partial charge in [-0.3, -0.25) is 0 Å². The molecule has 0 saturated carbocycles. The van der Waals surface area contributed by atoms with E-state index in [0.29, 0.717) is 27.7 Å². The molecule has 3 aromatic rings. The highest BCUT2D eigenvalue weighted by Gasteiger charge is 2.22. The number of hydrogen-bond donors (Lipinski definition) is 2. The van der Waals surface area contributed by atoms with Gasteiger partial charge in [0.05, 0.1) is 5.39 Å². The summed E-state index contributed by atoms with van der Waals surface area (Å²) in [6, 6.07) is 6.09. The molecule has 0 unspecified atom stereocenters. The lowest BCUT2D eigenvalue weighted by Gasteiger charge is -2.07. The number of fused-ring (bicyclic) bond motifs is 5. The Bertz CT molecular complexity index is 924. The summed E-state index contributed by atoms with van der Waals surface area (Å²) in [6.45, 7) is 0.0697. The summed E-state index contributed by atoms with van der Waals surface area (Å²) in [5.74, 6) is 0.130. The van der Waals surface area contributed by atoms with Crippen molar-refractivity contribution in [1.29, 1.82) is 0 Å². The lowest BCUT2D eigenvalue weighted by molar-refractivity contribution is 0.175. The summed E-state index contributed by atoms with van der Waals surface area (Å²) >= 11 is 0. The van der Waals surface area contributed by atoms with Gasteiger partial charge in [0.1, 0.15) is 0 Å². The topological polar surface area (TPSA) is 89.1 Å². The fourth-order valence-electron chi connectivity index (χ4n) is 2.42. The molecule has 1 aromatic heterocycles. The number of rotatable bonds is 0. The molecule has 2 N–H and O–H groups in total. The highest BCUT2D eigenvalue weighted by Crippen LogP contribution is 2.44. The molecular weight excluding hydrogens is 264 g/mol. The summed E-state index contributed by atoms with van der Waals surface area (Å²) in [4.78, 5) is 12.0. The third-order valence-corrected chi connectivity index (χ3v) is 3.33. The fourth-order valence-corrected chi connectivity index (χ4v) is 2.42. The van der Waals surface area contributed by atoms with E-state index in [1.807, 2.05) is 0 Å². The third kappa shape index (κ3) is 1.25. The minimum Gasteiger partial charge on any atom is -0.504 e. The van der Waals surface area contributed by atoms with Crippen molar-refractivity contribution in [2.75, 3.05) is 6.79 Å². The van der Waals surface area contributed by atoms with Crippen LogP contribution in [0.3, 0.4) is 0 Å². The summed E-state index contributed by atoms with van der Waals surface area (Å²) in [6.07, 6.45) is 0. The number of phenols is 2. The van der Waals surface area contributed by atoms with Crippen molar-refractivity contribution in [3.63, 3.8) is 0 Å². The van der Waals surface area contributed by atoms with Gasteiger partial charge in [0.2, 0.25) is 12.5 Å². The molecule has 0 spiro atoms. The van der Waals surface area contributed by atoms with E-state index < -0.39 is 11.4 Å². The van der Waals surface area contributed by atoms with Crippen LogP contribution in [-0.2, 0) is 0 Å². The zero-order chi connectivity index (χ0) is 13.9. The molecular formula is C14H8O6. The first-order valence-corrected chi connectivity index (χ1v) is 5.87.